The molecular weight excluding hydrogens is 821 g/mol. The van der Waals surface area contributed by atoms with Gasteiger partial charge in [-0.25, -0.2) is 19.6 Å². The van der Waals surface area contributed by atoms with Gasteiger partial charge in [0.05, 0.1) is 50.1 Å². The van der Waals surface area contributed by atoms with Gasteiger partial charge < -0.3 is 44.6 Å². The average molecular weight is 871 g/mol. The fraction of sp³-hybridized carbons (Fsp3) is 0.362. The van der Waals surface area contributed by atoms with Crippen LogP contribution < -0.4 is 10.6 Å². The number of alkyl carbamates (subject to hydrolysis) is 2. The molecule has 4 amide bonds. The van der Waals surface area contributed by atoms with Gasteiger partial charge in [-0.3, -0.25) is 9.59 Å². The number of hydrogen-bond donors (Lipinski definition) is 4. The second-order valence-corrected chi connectivity index (χ2v) is 17.1. The first-order valence-electron chi connectivity index (χ1n) is 21.4. The molecule has 16 heteroatoms. The van der Waals surface area contributed by atoms with Crippen LogP contribution >= 0.6 is 11.3 Å². The van der Waals surface area contributed by atoms with E-state index in [9.17, 15) is 19.2 Å². The van der Waals surface area contributed by atoms with Crippen LogP contribution in [0.3, 0.4) is 0 Å². The molecule has 63 heavy (non-hydrogen) atoms. The molecule has 6 aromatic rings. The van der Waals surface area contributed by atoms with Crippen LogP contribution in [0.15, 0.2) is 89.9 Å². The minimum Gasteiger partial charge on any atom is -0.453 e. The number of amides is 4. The molecule has 15 nitrogen and oxygen atoms in total. The van der Waals surface area contributed by atoms with E-state index < -0.39 is 24.3 Å². The molecule has 0 saturated carbocycles. The molecular formula is C47H50N8O7S. The maximum Gasteiger partial charge on any atom is 0.407 e. The standard InChI is InChI=1S/C47H50N8O7S/c1-60-46(58)52-40(30-15-20-62-21-16-30)44(56)54-18-3-6-39(54)43-49-26-37(51-43)34-14-13-32-23-31(11-12-33(32)24-34)28-7-9-29(10-8-28)36-25-48-42(50-36)38-5-4-19-55(38)45(57)41(53-47(59)61-2)35-17-22-63-27-35/h7-14,17,22-27,30,38-41H,3-6,15-16,18-21H2,1-2H3,(H,48,50)(H,49,51)(H,52,58)(H,53,59)/t38-,39-,40-,41+/m0/s1. The van der Waals surface area contributed by atoms with Gasteiger partial charge in [0.25, 0.3) is 5.91 Å². The van der Waals surface area contributed by atoms with Crippen molar-refractivity contribution in [1.82, 2.24) is 40.4 Å². The maximum absolute atomic E-state index is 14.0. The molecule has 9 rings (SSSR count). The van der Waals surface area contributed by atoms with Crippen LogP contribution in [0.5, 0.6) is 0 Å². The Kier molecular flexibility index (Phi) is 12.2. The molecule has 3 aliphatic heterocycles. The highest BCUT2D eigenvalue weighted by Crippen LogP contribution is 2.37. The number of aromatic amines is 2. The predicted molar refractivity (Wildman–Crippen MR) is 237 cm³/mol. The van der Waals surface area contributed by atoms with E-state index in [4.69, 9.17) is 24.2 Å². The molecule has 0 unspecified atom stereocenters. The Morgan fingerprint density at radius 1 is 0.698 bits per heavy atom. The Hall–Kier alpha value is -6.52. The molecule has 0 bridgehead atoms. The monoisotopic (exact) mass is 870 g/mol. The molecule has 0 aliphatic carbocycles. The number of hydrogen-bond acceptors (Lipinski definition) is 10. The Bertz CT molecular complexity index is 2590. The number of rotatable bonds is 11. The number of carbonyl (C=O) groups is 4. The zero-order valence-electron chi connectivity index (χ0n) is 35.2. The average Bonchev–Trinajstić information content (AvgIpc) is 4.19. The van der Waals surface area contributed by atoms with Crippen molar-refractivity contribution in [3.63, 3.8) is 0 Å². The first-order chi connectivity index (χ1) is 30.8. The number of thiophene rings is 1. The van der Waals surface area contributed by atoms with Gasteiger partial charge in [-0.2, -0.15) is 11.3 Å². The van der Waals surface area contributed by atoms with Crippen molar-refractivity contribution in [2.24, 2.45) is 5.92 Å². The molecule has 0 radical (unpaired) electrons. The number of fused-ring (bicyclic) bond motifs is 1. The molecule has 3 aromatic carbocycles. The van der Waals surface area contributed by atoms with Crippen molar-refractivity contribution in [2.45, 2.75) is 62.7 Å². The molecule has 3 fully saturated rings. The molecule has 4 atom stereocenters. The number of methoxy groups -OCH3 is 2. The Morgan fingerprint density at radius 3 is 1.87 bits per heavy atom. The number of nitrogens with zero attached hydrogens (tertiary/aromatic N) is 4. The summed E-state index contributed by atoms with van der Waals surface area (Å²) in [6.07, 6.45) is 6.96. The summed E-state index contributed by atoms with van der Waals surface area (Å²) in [5.41, 5.74) is 6.57. The summed E-state index contributed by atoms with van der Waals surface area (Å²) >= 11 is 1.46. The third kappa shape index (κ3) is 8.77. The zero-order chi connectivity index (χ0) is 43.5. The lowest BCUT2D eigenvalue weighted by atomic mass is 9.90. The van der Waals surface area contributed by atoms with Gasteiger partial charge in [-0.05, 0) is 106 Å². The van der Waals surface area contributed by atoms with Gasteiger partial charge in [-0.15, -0.1) is 0 Å². The van der Waals surface area contributed by atoms with Crippen LogP contribution in [0.4, 0.5) is 9.59 Å². The van der Waals surface area contributed by atoms with Crippen molar-refractivity contribution < 1.29 is 33.4 Å². The van der Waals surface area contributed by atoms with Crippen LogP contribution in [-0.2, 0) is 23.8 Å². The molecule has 3 aliphatic rings. The number of aromatic nitrogens is 4. The van der Waals surface area contributed by atoms with Crippen molar-refractivity contribution >= 4 is 46.1 Å². The number of carbonyl (C=O) groups excluding carboxylic acids is 4. The Balaban J connectivity index is 0.867. The van der Waals surface area contributed by atoms with E-state index in [1.165, 1.54) is 25.6 Å². The van der Waals surface area contributed by atoms with Crippen LogP contribution in [0.25, 0.3) is 44.4 Å². The zero-order valence-corrected chi connectivity index (χ0v) is 36.0. The highest BCUT2D eigenvalue weighted by atomic mass is 32.1. The quantitative estimate of drug-likeness (QED) is 0.100. The predicted octanol–water partition coefficient (Wildman–Crippen LogP) is 7.92. The van der Waals surface area contributed by atoms with Crippen molar-refractivity contribution in [3.8, 4) is 33.6 Å². The summed E-state index contributed by atoms with van der Waals surface area (Å²) in [6.45, 7) is 2.27. The van der Waals surface area contributed by atoms with Gasteiger partial charge in [-0.1, -0.05) is 48.5 Å². The SMILES string of the molecule is COC(=O)N[C@H](C(=O)N1CCC[C@H]1c1ncc(-c2ccc3cc(-c4ccc(-c5cnc([C@@H]6CCCN6C(=O)[C@H](NC(=O)OC)c6ccsc6)[nH]5)cc4)ccc3c2)[nH]1)C1CCOCC1. The lowest BCUT2D eigenvalue weighted by molar-refractivity contribution is -0.137. The number of H-pyrrole nitrogens is 2. The molecule has 4 N–H and O–H groups in total. The topological polar surface area (TPSA) is 184 Å². The third-order valence-electron chi connectivity index (χ3n) is 12.6. The van der Waals surface area contributed by atoms with Crippen LogP contribution in [0.2, 0.25) is 0 Å². The first kappa shape index (κ1) is 41.8. The van der Waals surface area contributed by atoms with Crippen molar-refractivity contribution in [2.75, 3.05) is 40.5 Å². The maximum atomic E-state index is 14.0. The molecule has 3 saturated heterocycles. The van der Waals surface area contributed by atoms with E-state index >= 15 is 0 Å². The van der Waals surface area contributed by atoms with Crippen LogP contribution in [-0.4, -0.2) is 100 Å². The lowest BCUT2D eigenvalue weighted by Gasteiger charge is -2.34. The minimum atomic E-state index is -0.845. The van der Waals surface area contributed by atoms with Crippen LogP contribution in [0, 0.1) is 5.92 Å². The largest absolute Gasteiger partial charge is 0.453 e. The van der Waals surface area contributed by atoms with Crippen molar-refractivity contribution in [3.05, 3.63) is 107 Å². The smallest absolute Gasteiger partial charge is 0.407 e. The number of nitrogens with one attached hydrogen (secondary N) is 4. The summed E-state index contributed by atoms with van der Waals surface area (Å²) in [7, 11) is 2.59. The van der Waals surface area contributed by atoms with E-state index in [1.54, 1.807) is 4.90 Å². The highest BCUT2D eigenvalue weighted by molar-refractivity contribution is 7.08. The van der Waals surface area contributed by atoms with Crippen molar-refractivity contribution in [1.29, 1.82) is 0 Å². The van der Waals surface area contributed by atoms with Gasteiger partial charge in [0, 0.05) is 31.9 Å². The molecule has 0 spiro atoms. The fourth-order valence-electron chi connectivity index (χ4n) is 9.23. The van der Waals surface area contributed by atoms with E-state index in [-0.39, 0.29) is 29.8 Å². The van der Waals surface area contributed by atoms with Gasteiger partial charge in [0.15, 0.2) is 0 Å². The summed E-state index contributed by atoms with van der Waals surface area (Å²) in [5, 5.41) is 11.5. The third-order valence-corrected chi connectivity index (χ3v) is 13.3. The minimum absolute atomic E-state index is 0.0295. The number of likely N-dealkylation sites (tertiary alicyclic amines) is 2. The summed E-state index contributed by atoms with van der Waals surface area (Å²) in [6, 6.07) is 20.9. The second-order valence-electron chi connectivity index (χ2n) is 16.3. The molecule has 326 valence electrons. The number of imidazole rings is 2. The summed E-state index contributed by atoms with van der Waals surface area (Å²) in [4.78, 5) is 72.4. The summed E-state index contributed by atoms with van der Waals surface area (Å²) < 4.78 is 15.2. The number of benzene rings is 3. The van der Waals surface area contributed by atoms with E-state index in [2.05, 4.69) is 81.3 Å². The van der Waals surface area contributed by atoms with E-state index in [0.717, 1.165) is 81.5 Å². The summed E-state index contributed by atoms with van der Waals surface area (Å²) in [5.74, 6) is 1.10. The Labute approximate surface area is 368 Å². The van der Waals surface area contributed by atoms with Gasteiger partial charge >= 0.3 is 12.2 Å². The van der Waals surface area contributed by atoms with Crippen LogP contribution in [0.1, 0.15) is 73.9 Å². The second kappa shape index (κ2) is 18.4. The number of ether oxygens (including phenoxy) is 3. The Morgan fingerprint density at radius 2 is 1.25 bits per heavy atom. The molecule has 3 aromatic heterocycles. The normalized spacial score (nSPS) is 18.9. The van der Waals surface area contributed by atoms with Gasteiger partial charge in [0.1, 0.15) is 23.7 Å². The molecule has 6 heterocycles. The first-order valence-corrected chi connectivity index (χ1v) is 22.4. The highest BCUT2D eigenvalue weighted by Gasteiger charge is 2.40. The lowest BCUT2D eigenvalue weighted by Crippen LogP contribution is -2.53. The van der Waals surface area contributed by atoms with E-state index in [0.29, 0.717) is 45.0 Å². The van der Waals surface area contributed by atoms with E-state index in [1.807, 2.05) is 34.1 Å². The fourth-order valence-corrected chi connectivity index (χ4v) is 9.92. The van der Waals surface area contributed by atoms with Gasteiger partial charge in [0.2, 0.25) is 5.91 Å².